The molecule has 0 saturated carbocycles. The summed E-state index contributed by atoms with van der Waals surface area (Å²) in [4.78, 5) is 23.2. The number of aryl methyl sites for hydroxylation is 2. The summed E-state index contributed by atoms with van der Waals surface area (Å²) in [5.74, 6) is 0. The van der Waals surface area contributed by atoms with Crippen molar-refractivity contribution in [2.75, 3.05) is 26.3 Å². The van der Waals surface area contributed by atoms with Gasteiger partial charge in [-0.2, -0.15) is 5.10 Å². The number of hydrogen-bond acceptors (Lipinski definition) is 5. The molecule has 3 aromatic heterocycles. The first-order valence-electron chi connectivity index (χ1n) is 12.0. The lowest BCUT2D eigenvalue weighted by atomic mass is 9.98. The van der Waals surface area contributed by atoms with E-state index in [9.17, 15) is 4.79 Å². The minimum absolute atomic E-state index is 0.0108. The second kappa shape index (κ2) is 8.11. The lowest BCUT2D eigenvalue weighted by Crippen LogP contribution is -2.46. The van der Waals surface area contributed by atoms with E-state index in [0.717, 1.165) is 90.9 Å². The summed E-state index contributed by atoms with van der Waals surface area (Å²) in [6.07, 6.45) is 7.92. The Balaban J connectivity index is 1.37. The number of hydrogen-bond donors (Lipinski definition) is 1. The SMILES string of the molecule is Cc1cc2c(cc1-c1cc(C)c3ncnn3c1)[nH]c(=O)n2C1CCCN(C2CCOCC2)C1. The van der Waals surface area contributed by atoms with Gasteiger partial charge in [-0.25, -0.2) is 14.3 Å². The zero-order valence-electron chi connectivity index (χ0n) is 19.3. The molecule has 5 heterocycles. The molecular weight excluding hydrogens is 416 g/mol. The van der Waals surface area contributed by atoms with Crippen molar-refractivity contribution in [3.63, 3.8) is 0 Å². The van der Waals surface area contributed by atoms with Crippen LogP contribution in [0, 0.1) is 13.8 Å². The third-order valence-electron chi connectivity index (χ3n) is 7.43. The third kappa shape index (κ3) is 3.57. The van der Waals surface area contributed by atoms with E-state index in [1.54, 1.807) is 6.33 Å². The Bertz CT molecular complexity index is 1380. The molecule has 6 rings (SSSR count). The fourth-order valence-electron chi connectivity index (χ4n) is 5.77. The molecule has 2 aliphatic heterocycles. The Morgan fingerprint density at radius 2 is 1.91 bits per heavy atom. The molecule has 1 unspecified atom stereocenters. The maximum Gasteiger partial charge on any atom is 0.326 e. The lowest BCUT2D eigenvalue weighted by molar-refractivity contribution is 0.0191. The van der Waals surface area contributed by atoms with E-state index in [2.05, 4.69) is 45.1 Å². The first kappa shape index (κ1) is 20.6. The molecule has 0 bridgehead atoms. The van der Waals surface area contributed by atoms with E-state index >= 15 is 0 Å². The number of pyridine rings is 1. The van der Waals surface area contributed by atoms with E-state index in [1.807, 2.05) is 22.2 Å². The molecule has 2 aliphatic rings. The summed E-state index contributed by atoms with van der Waals surface area (Å²) in [6.45, 7) is 7.91. The first-order valence-corrected chi connectivity index (χ1v) is 12.0. The molecule has 0 aliphatic carbocycles. The average Bonchev–Trinajstić information content (AvgIpc) is 3.43. The smallest absolute Gasteiger partial charge is 0.326 e. The van der Waals surface area contributed by atoms with Crippen LogP contribution < -0.4 is 5.69 Å². The maximum atomic E-state index is 13.1. The van der Waals surface area contributed by atoms with E-state index in [4.69, 9.17) is 4.74 Å². The van der Waals surface area contributed by atoms with Crippen LogP contribution in [0.2, 0.25) is 0 Å². The Kier molecular flexibility index (Phi) is 5.07. The Labute approximate surface area is 192 Å². The lowest BCUT2D eigenvalue weighted by Gasteiger charge is -2.40. The molecule has 8 heteroatoms. The van der Waals surface area contributed by atoms with Crippen LogP contribution in [0.25, 0.3) is 27.8 Å². The monoisotopic (exact) mass is 446 g/mol. The zero-order chi connectivity index (χ0) is 22.5. The van der Waals surface area contributed by atoms with Crippen LogP contribution in [0.5, 0.6) is 0 Å². The van der Waals surface area contributed by atoms with Gasteiger partial charge < -0.3 is 9.72 Å². The van der Waals surface area contributed by atoms with Crippen LogP contribution in [0.4, 0.5) is 0 Å². The van der Waals surface area contributed by atoms with Crippen molar-refractivity contribution in [2.24, 2.45) is 0 Å². The number of nitrogens with one attached hydrogen (secondary N) is 1. The van der Waals surface area contributed by atoms with Gasteiger partial charge in [-0.3, -0.25) is 9.47 Å². The van der Waals surface area contributed by atoms with Crippen LogP contribution in [-0.2, 0) is 4.74 Å². The number of rotatable bonds is 3. The third-order valence-corrected chi connectivity index (χ3v) is 7.43. The summed E-state index contributed by atoms with van der Waals surface area (Å²) >= 11 is 0. The first-order chi connectivity index (χ1) is 16.1. The quantitative estimate of drug-likeness (QED) is 0.521. The minimum Gasteiger partial charge on any atom is -0.381 e. The number of benzene rings is 1. The highest BCUT2D eigenvalue weighted by molar-refractivity contribution is 5.84. The molecule has 8 nitrogen and oxygen atoms in total. The van der Waals surface area contributed by atoms with Crippen LogP contribution in [-0.4, -0.2) is 61.4 Å². The molecule has 33 heavy (non-hydrogen) atoms. The van der Waals surface area contributed by atoms with Gasteiger partial charge in [-0.15, -0.1) is 0 Å². The van der Waals surface area contributed by atoms with Crippen LogP contribution in [0.15, 0.2) is 35.5 Å². The summed E-state index contributed by atoms with van der Waals surface area (Å²) in [5, 5.41) is 4.31. The predicted molar refractivity (Wildman–Crippen MR) is 128 cm³/mol. The topological polar surface area (TPSA) is 80.5 Å². The van der Waals surface area contributed by atoms with Gasteiger partial charge in [-0.1, -0.05) is 0 Å². The fourth-order valence-corrected chi connectivity index (χ4v) is 5.77. The van der Waals surface area contributed by atoms with Gasteiger partial charge in [0, 0.05) is 37.6 Å². The van der Waals surface area contributed by atoms with Crippen molar-refractivity contribution >= 4 is 16.7 Å². The molecule has 1 N–H and O–H groups in total. The van der Waals surface area contributed by atoms with Crippen LogP contribution >= 0.6 is 0 Å². The number of H-pyrrole nitrogens is 1. The normalized spacial score (nSPS) is 20.7. The molecule has 1 atom stereocenters. The number of likely N-dealkylation sites (tertiary alicyclic amines) is 1. The van der Waals surface area contributed by atoms with Crippen molar-refractivity contribution in [3.05, 3.63) is 52.3 Å². The summed E-state index contributed by atoms with van der Waals surface area (Å²) in [5.41, 5.74) is 7.13. The molecule has 0 spiro atoms. The van der Waals surface area contributed by atoms with Crippen molar-refractivity contribution < 1.29 is 4.74 Å². The molecule has 1 aromatic carbocycles. The van der Waals surface area contributed by atoms with Gasteiger partial charge in [0.1, 0.15) is 6.33 Å². The second-order valence-electron chi connectivity index (χ2n) is 9.56. The van der Waals surface area contributed by atoms with E-state index < -0.39 is 0 Å². The van der Waals surface area contributed by atoms with Crippen LogP contribution in [0.3, 0.4) is 0 Å². The van der Waals surface area contributed by atoms with Crippen molar-refractivity contribution in [2.45, 2.75) is 51.6 Å². The Morgan fingerprint density at radius 1 is 1.06 bits per heavy atom. The largest absolute Gasteiger partial charge is 0.381 e. The summed E-state index contributed by atoms with van der Waals surface area (Å²) in [7, 11) is 0. The number of imidazole rings is 1. The minimum atomic E-state index is -0.0108. The van der Waals surface area contributed by atoms with Crippen molar-refractivity contribution in [1.29, 1.82) is 0 Å². The number of aromatic nitrogens is 5. The maximum absolute atomic E-state index is 13.1. The van der Waals surface area contributed by atoms with Crippen molar-refractivity contribution in [3.8, 4) is 11.1 Å². The molecule has 2 fully saturated rings. The molecular formula is C25H30N6O2. The van der Waals surface area contributed by atoms with Gasteiger partial charge in [0.25, 0.3) is 0 Å². The predicted octanol–water partition coefficient (Wildman–Crippen LogP) is 3.47. The Hall–Kier alpha value is -2.97. The van der Waals surface area contributed by atoms with Gasteiger partial charge in [0.05, 0.1) is 17.1 Å². The number of nitrogens with zero attached hydrogens (tertiary/aromatic N) is 5. The molecule has 0 amide bonds. The second-order valence-corrected chi connectivity index (χ2v) is 9.56. The molecule has 2 saturated heterocycles. The summed E-state index contributed by atoms with van der Waals surface area (Å²) in [6, 6.07) is 7.18. The van der Waals surface area contributed by atoms with Gasteiger partial charge in [-0.05, 0) is 81.0 Å². The van der Waals surface area contributed by atoms with Crippen molar-refractivity contribution in [1.82, 2.24) is 29.0 Å². The van der Waals surface area contributed by atoms with Crippen LogP contribution in [0.1, 0.15) is 42.9 Å². The summed E-state index contributed by atoms with van der Waals surface area (Å²) < 4.78 is 9.38. The number of ether oxygens (including phenoxy) is 1. The number of piperidine rings is 1. The highest BCUT2D eigenvalue weighted by Crippen LogP contribution is 2.32. The number of aromatic amines is 1. The Morgan fingerprint density at radius 3 is 2.76 bits per heavy atom. The number of fused-ring (bicyclic) bond motifs is 2. The van der Waals surface area contributed by atoms with Gasteiger partial charge in [0.15, 0.2) is 5.65 Å². The van der Waals surface area contributed by atoms with E-state index in [-0.39, 0.29) is 11.7 Å². The zero-order valence-corrected chi connectivity index (χ0v) is 19.3. The molecule has 4 aromatic rings. The van der Waals surface area contributed by atoms with E-state index in [0.29, 0.717) is 6.04 Å². The van der Waals surface area contributed by atoms with Gasteiger partial charge in [0.2, 0.25) is 0 Å². The van der Waals surface area contributed by atoms with Gasteiger partial charge >= 0.3 is 5.69 Å². The molecule has 172 valence electrons. The highest BCUT2D eigenvalue weighted by atomic mass is 16.5. The average molecular weight is 447 g/mol. The van der Waals surface area contributed by atoms with E-state index in [1.165, 1.54) is 0 Å². The standard InChI is InChI=1S/C25H30N6O2/c1-16-11-23-22(12-21(16)18-10-17(2)24-26-15-27-30(24)13-18)28-25(32)31(23)20-4-3-7-29(14-20)19-5-8-33-9-6-19/h10-13,15,19-20H,3-9,14H2,1-2H3,(H,28,32). The molecule has 0 radical (unpaired) electrons. The highest BCUT2D eigenvalue weighted by Gasteiger charge is 2.29. The fraction of sp³-hybridized carbons (Fsp3) is 0.480.